The van der Waals surface area contributed by atoms with Crippen LogP contribution in [0.5, 0.6) is 0 Å². The van der Waals surface area contributed by atoms with E-state index >= 15 is 0 Å². The Hall–Kier alpha value is -1.85. The number of rotatable bonds is 4. The first-order chi connectivity index (χ1) is 13.0. The Bertz CT molecular complexity index is 803. The van der Waals surface area contributed by atoms with E-state index in [4.69, 9.17) is 0 Å². The van der Waals surface area contributed by atoms with Gasteiger partial charge in [-0.05, 0) is 30.5 Å². The SMILES string of the molecule is CN=C(NCc1cccc(C(F)(F)F)c1)NCc1nnc2n1CCCCC2.I. The minimum absolute atomic E-state index is 0. The van der Waals surface area contributed by atoms with Crippen LogP contribution in [0.15, 0.2) is 29.3 Å². The molecule has 3 rings (SSSR count). The first kappa shape index (κ1) is 22.4. The van der Waals surface area contributed by atoms with Gasteiger partial charge in [-0.3, -0.25) is 4.99 Å². The zero-order chi connectivity index (χ0) is 19.3. The lowest BCUT2D eigenvalue weighted by atomic mass is 10.1. The molecule has 154 valence electrons. The van der Waals surface area contributed by atoms with Gasteiger partial charge in [0.05, 0.1) is 12.1 Å². The molecule has 0 fully saturated rings. The Balaban J connectivity index is 0.00000280. The van der Waals surface area contributed by atoms with E-state index in [1.807, 2.05) is 0 Å². The summed E-state index contributed by atoms with van der Waals surface area (Å²) in [5.41, 5.74) is -0.125. The van der Waals surface area contributed by atoms with Crippen LogP contribution in [-0.2, 0) is 32.2 Å². The third-order valence-corrected chi connectivity index (χ3v) is 4.54. The summed E-state index contributed by atoms with van der Waals surface area (Å²) in [6, 6.07) is 5.25. The van der Waals surface area contributed by atoms with Crippen molar-refractivity contribution in [3.63, 3.8) is 0 Å². The minimum Gasteiger partial charge on any atom is -0.352 e. The summed E-state index contributed by atoms with van der Waals surface area (Å²) in [4.78, 5) is 4.12. The van der Waals surface area contributed by atoms with Crippen molar-refractivity contribution in [1.29, 1.82) is 0 Å². The molecule has 0 saturated carbocycles. The van der Waals surface area contributed by atoms with Crippen LogP contribution in [0.4, 0.5) is 13.2 Å². The summed E-state index contributed by atoms with van der Waals surface area (Å²) in [5.74, 6) is 2.35. The summed E-state index contributed by atoms with van der Waals surface area (Å²) < 4.78 is 40.6. The van der Waals surface area contributed by atoms with Gasteiger partial charge in [0.2, 0.25) is 0 Å². The highest BCUT2D eigenvalue weighted by molar-refractivity contribution is 14.0. The number of aryl methyl sites for hydroxylation is 1. The van der Waals surface area contributed by atoms with Crippen molar-refractivity contribution in [1.82, 2.24) is 25.4 Å². The van der Waals surface area contributed by atoms with Crippen molar-refractivity contribution in [3.8, 4) is 0 Å². The van der Waals surface area contributed by atoms with Gasteiger partial charge in [0.1, 0.15) is 5.82 Å². The maximum Gasteiger partial charge on any atom is 0.416 e. The van der Waals surface area contributed by atoms with E-state index < -0.39 is 11.7 Å². The van der Waals surface area contributed by atoms with Crippen molar-refractivity contribution in [3.05, 3.63) is 47.0 Å². The molecular weight excluding hydrogens is 484 g/mol. The van der Waals surface area contributed by atoms with E-state index in [9.17, 15) is 13.2 Å². The highest BCUT2D eigenvalue weighted by Crippen LogP contribution is 2.29. The second kappa shape index (κ2) is 10.1. The first-order valence-electron chi connectivity index (χ1n) is 8.99. The maximum absolute atomic E-state index is 12.8. The van der Waals surface area contributed by atoms with Crippen LogP contribution in [0.25, 0.3) is 0 Å². The molecule has 0 saturated heterocycles. The number of hydrogen-bond donors (Lipinski definition) is 2. The molecule has 2 aromatic rings. The summed E-state index contributed by atoms with van der Waals surface area (Å²) >= 11 is 0. The van der Waals surface area contributed by atoms with E-state index in [2.05, 4.69) is 30.4 Å². The molecular formula is C18H24F3IN6. The number of alkyl halides is 3. The molecule has 1 aliphatic heterocycles. The monoisotopic (exact) mass is 508 g/mol. The van der Waals surface area contributed by atoms with E-state index in [0.717, 1.165) is 49.6 Å². The number of hydrogen-bond acceptors (Lipinski definition) is 3. The lowest BCUT2D eigenvalue weighted by Crippen LogP contribution is -2.37. The van der Waals surface area contributed by atoms with Crippen LogP contribution in [0.1, 0.15) is 42.0 Å². The number of fused-ring (bicyclic) bond motifs is 1. The van der Waals surface area contributed by atoms with Crippen molar-refractivity contribution in [2.75, 3.05) is 7.05 Å². The second-order valence-corrected chi connectivity index (χ2v) is 6.47. The highest BCUT2D eigenvalue weighted by atomic mass is 127. The number of benzene rings is 1. The highest BCUT2D eigenvalue weighted by Gasteiger charge is 2.30. The Labute approximate surface area is 179 Å². The van der Waals surface area contributed by atoms with Crippen molar-refractivity contribution in [2.45, 2.75) is 51.5 Å². The Morgan fingerprint density at radius 1 is 1.14 bits per heavy atom. The number of aliphatic imine (C=N–C) groups is 1. The van der Waals surface area contributed by atoms with Crippen LogP contribution in [-0.4, -0.2) is 27.8 Å². The van der Waals surface area contributed by atoms with E-state index in [1.54, 1.807) is 13.1 Å². The summed E-state index contributed by atoms with van der Waals surface area (Å²) in [6.45, 7) is 1.60. The molecule has 0 unspecified atom stereocenters. The molecule has 2 heterocycles. The fourth-order valence-corrected chi connectivity index (χ4v) is 3.10. The van der Waals surface area contributed by atoms with Crippen molar-refractivity contribution in [2.24, 2.45) is 4.99 Å². The summed E-state index contributed by atoms with van der Waals surface area (Å²) in [6.07, 6.45) is 0.0275. The topological polar surface area (TPSA) is 67.1 Å². The number of nitrogens with one attached hydrogen (secondary N) is 2. The van der Waals surface area contributed by atoms with Crippen LogP contribution in [0.2, 0.25) is 0 Å². The number of halogens is 4. The molecule has 1 aromatic heterocycles. The largest absolute Gasteiger partial charge is 0.416 e. The maximum atomic E-state index is 12.8. The van der Waals surface area contributed by atoms with E-state index in [1.165, 1.54) is 12.5 Å². The quantitative estimate of drug-likeness (QED) is 0.377. The molecule has 1 aromatic carbocycles. The Kier molecular flexibility index (Phi) is 8.08. The fourth-order valence-electron chi connectivity index (χ4n) is 3.10. The Morgan fingerprint density at radius 2 is 1.93 bits per heavy atom. The molecule has 0 spiro atoms. The molecule has 6 nitrogen and oxygen atoms in total. The van der Waals surface area contributed by atoms with Crippen LogP contribution in [0.3, 0.4) is 0 Å². The third kappa shape index (κ3) is 5.82. The molecule has 1 aliphatic rings. The van der Waals surface area contributed by atoms with Gasteiger partial charge in [0, 0.05) is 26.6 Å². The van der Waals surface area contributed by atoms with Crippen molar-refractivity contribution >= 4 is 29.9 Å². The molecule has 2 N–H and O–H groups in total. The van der Waals surface area contributed by atoms with Gasteiger partial charge in [-0.1, -0.05) is 18.6 Å². The van der Waals surface area contributed by atoms with Gasteiger partial charge in [-0.25, -0.2) is 0 Å². The minimum atomic E-state index is -4.35. The van der Waals surface area contributed by atoms with Crippen LogP contribution < -0.4 is 10.6 Å². The lowest BCUT2D eigenvalue weighted by molar-refractivity contribution is -0.137. The van der Waals surface area contributed by atoms with E-state index in [0.29, 0.717) is 18.1 Å². The van der Waals surface area contributed by atoms with Gasteiger partial charge in [0.15, 0.2) is 11.8 Å². The van der Waals surface area contributed by atoms with Gasteiger partial charge in [0.25, 0.3) is 0 Å². The number of aromatic nitrogens is 3. The van der Waals surface area contributed by atoms with Crippen molar-refractivity contribution < 1.29 is 13.2 Å². The van der Waals surface area contributed by atoms with Gasteiger partial charge >= 0.3 is 6.18 Å². The Morgan fingerprint density at radius 3 is 2.68 bits per heavy atom. The molecule has 10 heteroatoms. The average Bonchev–Trinajstić information content (AvgIpc) is 2.88. The lowest BCUT2D eigenvalue weighted by Gasteiger charge is -2.13. The van der Waals surface area contributed by atoms with E-state index in [-0.39, 0.29) is 30.5 Å². The molecule has 0 atom stereocenters. The number of guanidine groups is 1. The van der Waals surface area contributed by atoms with Gasteiger partial charge in [-0.15, -0.1) is 34.2 Å². The van der Waals surface area contributed by atoms with Crippen LogP contribution in [0, 0.1) is 0 Å². The fraction of sp³-hybridized carbons (Fsp3) is 0.500. The van der Waals surface area contributed by atoms with Gasteiger partial charge in [-0.2, -0.15) is 13.2 Å². The molecule has 0 aliphatic carbocycles. The van der Waals surface area contributed by atoms with Gasteiger partial charge < -0.3 is 15.2 Å². The standard InChI is InChI=1S/C18H23F3N6.HI/c1-22-17(23-11-13-6-5-7-14(10-13)18(19,20)21)24-12-16-26-25-15-8-3-2-4-9-27(15)16;/h5-7,10H,2-4,8-9,11-12H2,1H3,(H2,22,23,24);1H. The third-order valence-electron chi connectivity index (χ3n) is 4.54. The average molecular weight is 508 g/mol. The predicted octanol–water partition coefficient (Wildman–Crippen LogP) is 3.51. The van der Waals surface area contributed by atoms with Crippen LogP contribution >= 0.6 is 24.0 Å². The molecule has 0 amide bonds. The zero-order valence-electron chi connectivity index (χ0n) is 15.6. The molecule has 28 heavy (non-hydrogen) atoms. The number of nitrogens with zero attached hydrogens (tertiary/aromatic N) is 4. The smallest absolute Gasteiger partial charge is 0.352 e. The predicted molar refractivity (Wildman–Crippen MR) is 111 cm³/mol. The molecule has 0 bridgehead atoms. The second-order valence-electron chi connectivity index (χ2n) is 6.47. The summed E-state index contributed by atoms with van der Waals surface area (Å²) in [5, 5.41) is 14.7. The first-order valence-corrected chi connectivity index (χ1v) is 8.99. The summed E-state index contributed by atoms with van der Waals surface area (Å²) in [7, 11) is 1.62. The normalized spacial score (nSPS) is 14.6. The zero-order valence-corrected chi connectivity index (χ0v) is 17.9. The molecule has 0 radical (unpaired) electrons.